The molecule has 2 aromatic carbocycles. The Hall–Kier alpha value is -1.03. The molecule has 1 aromatic heterocycles. The molecule has 0 saturated carbocycles. The number of hydrogen-bond donors (Lipinski definition) is 0. The van der Waals surface area contributed by atoms with E-state index in [4.69, 9.17) is 2.77 Å². The van der Waals surface area contributed by atoms with Crippen LogP contribution in [0.1, 0.15) is 0 Å². The molecule has 0 spiro atoms. The number of rotatable bonds is 2. The van der Waals surface area contributed by atoms with Crippen molar-refractivity contribution in [1.82, 2.24) is 4.98 Å². The molecule has 0 bridgehead atoms. The molecule has 0 aliphatic rings. The Bertz CT molecular complexity index is 711. The second-order valence-corrected chi connectivity index (χ2v) is 10.7. The van der Waals surface area contributed by atoms with E-state index < -0.39 is 22.5 Å². The van der Waals surface area contributed by atoms with E-state index in [1.54, 1.807) is 0 Å². The topological polar surface area (TPSA) is 22.1 Å². The van der Waals surface area contributed by atoms with Gasteiger partial charge in [-0.15, -0.1) is 0 Å². The predicted molar refractivity (Wildman–Crippen MR) is 77.5 cm³/mol. The first-order valence-corrected chi connectivity index (χ1v) is 11.8. The van der Waals surface area contributed by atoms with Crippen molar-refractivity contribution in [2.24, 2.45) is 0 Å². The molecule has 0 fully saturated rings. The summed E-state index contributed by atoms with van der Waals surface area (Å²) in [5, 5.41) is 3.74. The zero-order chi connectivity index (χ0) is 12.5. The summed E-state index contributed by atoms with van der Waals surface area (Å²) in [5.41, 5.74) is 1.10. The molecular formula is C15H14NOPo. The van der Waals surface area contributed by atoms with Crippen molar-refractivity contribution in [3.63, 3.8) is 0 Å². The number of benzene rings is 2. The van der Waals surface area contributed by atoms with Gasteiger partial charge in [-0.3, -0.25) is 0 Å². The van der Waals surface area contributed by atoms with Gasteiger partial charge >= 0.3 is 116 Å². The zero-order valence-corrected chi connectivity index (χ0v) is 13.6. The molecular weight excluding hydrogens is 419 g/mol. The van der Waals surface area contributed by atoms with Gasteiger partial charge in [-0.1, -0.05) is 0 Å². The van der Waals surface area contributed by atoms with Crippen molar-refractivity contribution in [3.05, 3.63) is 48.7 Å². The van der Waals surface area contributed by atoms with Crippen molar-refractivity contribution >= 4 is 47.4 Å². The molecule has 0 saturated heterocycles. The number of hydrogen-bond acceptors (Lipinski definition) is 2. The molecule has 0 unspecified atom stereocenters. The molecule has 1 radical (unpaired) electrons. The molecule has 0 aliphatic carbocycles. The van der Waals surface area contributed by atoms with Crippen LogP contribution in [0.15, 0.2) is 48.7 Å². The van der Waals surface area contributed by atoms with E-state index in [0.29, 0.717) is 0 Å². The summed E-state index contributed by atoms with van der Waals surface area (Å²) < 4.78 is 9.31. The van der Waals surface area contributed by atoms with E-state index in [0.717, 1.165) is 5.52 Å². The third-order valence-electron chi connectivity index (χ3n) is 3.14. The molecule has 18 heavy (non-hydrogen) atoms. The molecule has 0 N–H and O–H groups in total. The van der Waals surface area contributed by atoms with E-state index in [1.165, 1.54) is 19.4 Å². The Balaban J connectivity index is 2.46. The molecule has 0 amide bonds. The van der Waals surface area contributed by atoms with Crippen LogP contribution in [0.25, 0.3) is 21.7 Å². The van der Waals surface area contributed by atoms with Crippen LogP contribution in [0.2, 0.25) is 4.58 Å². The van der Waals surface area contributed by atoms with Crippen LogP contribution in [-0.2, 0) is 2.77 Å². The van der Waals surface area contributed by atoms with Gasteiger partial charge in [0.1, 0.15) is 0 Å². The van der Waals surface area contributed by atoms with Crippen LogP contribution in [-0.4, -0.2) is 34.6 Å². The van der Waals surface area contributed by atoms with Crippen LogP contribution in [0, 0.1) is 0 Å². The first kappa shape index (κ1) is 12.0. The second kappa shape index (κ2) is 4.92. The van der Waals surface area contributed by atoms with E-state index in [2.05, 4.69) is 46.0 Å². The van der Waals surface area contributed by atoms with Gasteiger partial charge in [0.25, 0.3) is 0 Å². The predicted octanol–water partition coefficient (Wildman–Crippen LogP) is 2.86. The average molecular weight is 433 g/mol. The number of aromatic nitrogens is 1. The van der Waals surface area contributed by atoms with Crippen molar-refractivity contribution in [2.75, 3.05) is 7.11 Å². The third kappa shape index (κ3) is 1.92. The van der Waals surface area contributed by atoms with Crippen molar-refractivity contribution < 1.29 is 2.77 Å². The Kier molecular flexibility index (Phi) is 3.28. The van der Waals surface area contributed by atoms with Crippen LogP contribution < -0.4 is 3.22 Å². The van der Waals surface area contributed by atoms with Crippen LogP contribution in [0.5, 0.6) is 0 Å². The normalized spacial score (nSPS) is 11.5. The summed E-state index contributed by atoms with van der Waals surface area (Å²) in [6, 6.07) is 14.9. The summed E-state index contributed by atoms with van der Waals surface area (Å²) in [6.45, 7) is 0. The molecule has 0 aliphatic heterocycles. The van der Waals surface area contributed by atoms with Crippen LogP contribution >= 0.6 is 0 Å². The summed E-state index contributed by atoms with van der Waals surface area (Å²) in [6.07, 6.45) is 1.86. The van der Waals surface area contributed by atoms with E-state index >= 15 is 0 Å². The fourth-order valence-electron chi connectivity index (χ4n) is 2.21. The molecule has 0 atom stereocenters. The summed E-state index contributed by atoms with van der Waals surface area (Å²) >= 11 is -1.90. The second-order valence-electron chi connectivity index (χ2n) is 4.12. The van der Waals surface area contributed by atoms with E-state index in [1.807, 2.05) is 19.4 Å². The Labute approximate surface area is 115 Å². The first-order valence-electron chi connectivity index (χ1n) is 5.78. The number of nitrogens with zero attached hydrogens (tertiary/aromatic N) is 1. The minimum absolute atomic E-state index is 1.10. The van der Waals surface area contributed by atoms with Gasteiger partial charge in [-0.05, 0) is 0 Å². The standard InChI is InChI=1S/C13H8N.CH3O.CH3.Po/c1-2-6-12-10(4-1)7-8-11-5-3-9-14-13(11)12;1-2;;/h1-5,7-9H;1H3;1H3;/q;-1;;+1. The number of fused-ring (bicyclic) bond motifs is 3. The van der Waals surface area contributed by atoms with Gasteiger partial charge < -0.3 is 0 Å². The van der Waals surface area contributed by atoms with Gasteiger partial charge in [0.05, 0.1) is 0 Å². The minimum atomic E-state index is -1.90. The van der Waals surface area contributed by atoms with Gasteiger partial charge in [0.15, 0.2) is 0 Å². The van der Waals surface area contributed by atoms with E-state index in [9.17, 15) is 0 Å². The molecule has 2 nitrogen and oxygen atoms in total. The Morgan fingerprint density at radius 2 is 1.78 bits per heavy atom. The van der Waals surface area contributed by atoms with Gasteiger partial charge in [-0.25, -0.2) is 0 Å². The molecule has 91 valence electrons. The summed E-state index contributed by atoms with van der Waals surface area (Å²) in [5.74, 6) is 0. The van der Waals surface area contributed by atoms with Gasteiger partial charge in [0, 0.05) is 0 Å². The molecule has 3 heteroatoms. The quantitative estimate of drug-likeness (QED) is 0.580. The summed E-state index contributed by atoms with van der Waals surface area (Å²) in [4.78, 5) is 4.56. The fraction of sp³-hybridized carbons (Fsp3) is 0.133. The first-order chi connectivity index (χ1) is 8.81. The molecule has 3 rings (SSSR count). The van der Waals surface area contributed by atoms with Gasteiger partial charge in [-0.2, -0.15) is 0 Å². The number of pyridine rings is 1. The maximum atomic E-state index is 5.66. The molecule has 1 heterocycles. The molecule has 3 aromatic rings. The third-order valence-corrected chi connectivity index (χ3v) is 8.81. The van der Waals surface area contributed by atoms with Crippen LogP contribution in [0.3, 0.4) is 0 Å². The fourth-order valence-corrected chi connectivity index (χ4v) is 5.91. The van der Waals surface area contributed by atoms with E-state index in [-0.39, 0.29) is 0 Å². The maximum absolute atomic E-state index is 5.66. The van der Waals surface area contributed by atoms with Gasteiger partial charge in [0.2, 0.25) is 0 Å². The Morgan fingerprint density at radius 3 is 2.61 bits per heavy atom. The van der Waals surface area contributed by atoms with Crippen molar-refractivity contribution in [1.29, 1.82) is 0 Å². The SMILES string of the molecule is C[O][Po]([CH3])[c]1cccc2ccc3cccnc3c12. The van der Waals surface area contributed by atoms with Crippen molar-refractivity contribution in [2.45, 2.75) is 4.58 Å². The monoisotopic (exact) mass is 433 g/mol. The summed E-state index contributed by atoms with van der Waals surface area (Å²) in [7, 11) is 1.82. The van der Waals surface area contributed by atoms with Crippen molar-refractivity contribution in [3.8, 4) is 0 Å². The average Bonchev–Trinajstić information content (AvgIpc) is 2.45. The zero-order valence-electron chi connectivity index (χ0n) is 10.4. The van der Waals surface area contributed by atoms with Crippen LogP contribution in [0.4, 0.5) is 0 Å². The Morgan fingerprint density at radius 1 is 1.00 bits per heavy atom.